The molecule has 0 bridgehead atoms. The highest BCUT2D eigenvalue weighted by Gasteiger charge is 2.09. The molecule has 42 heavy (non-hydrogen) atoms. The van der Waals surface area contributed by atoms with E-state index in [1.165, 1.54) is 0 Å². The number of pyridine rings is 2. The van der Waals surface area contributed by atoms with Gasteiger partial charge in [0.25, 0.3) is 0 Å². The molecule has 8 rings (SSSR count). The third-order valence-electron chi connectivity index (χ3n) is 6.62. The van der Waals surface area contributed by atoms with Crippen LogP contribution < -0.4 is 5.46 Å². The van der Waals surface area contributed by atoms with Crippen molar-refractivity contribution in [2.24, 2.45) is 0 Å². The lowest BCUT2D eigenvalue weighted by Crippen LogP contribution is -2.29. The predicted molar refractivity (Wildman–Crippen MR) is 170 cm³/mol. The Bertz CT molecular complexity index is 2090. The summed E-state index contributed by atoms with van der Waals surface area (Å²) in [6.45, 7) is 0. The van der Waals surface area contributed by atoms with Crippen LogP contribution in [0, 0.1) is 0 Å². The van der Waals surface area contributed by atoms with Crippen molar-refractivity contribution < 1.29 is 18.9 Å². The number of halogens is 1. The zero-order valence-corrected chi connectivity index (χ0v) is 23.0. The third kappa shape index (κ3) is 5.89. The van der Waals surface area contributed by atoms with Crippen LogP contribution >= 0.6 is 11.6 Å². The summed E-state index contributed by atoms with van der Waals surface area (Å²) in [5.74, 6) is 0. The van der Waals surface area contributed by atoms with E-state index in [0.29, 0.717) is 22.0 Å². The van der Waals surface area contributed by atoms with Gasteiger partial charge in [0, 0.05) is 27.1 Å². The molecular formula is C34H24BClN2O4. The van der Waals surface area contributed by atoms with Crippen LogP contribution in [-0.4, -0.2) is 27.1 Å². The maximum Gasteiger partial charge on any atom is 0.488 e. The van der Waals surface area contributed by atoms with E-state index >= 15 is 0 Å². The van der Waals surface area contributed by atoms with E-state index < -0.39 is 7.12 Å². The smallest absolute Gasteiger partial charge is 0.438 e. The molecule has 204 valence electrons. The fourth-order valence-electron chi connectivity index (χ4n) is 4.58. The molecule has 0 aliphatic rings. The van der Waals surface area contributed by atoms with Crippen molar-refractivity contribution in [3.05, 3.63) is 139 Å². The van der Waals surface area contributed by atoms with Crippen LogP contribution in [0.1, 0.15) is 0 Å². The SMILES string of the molecule is Clc1ccc2c(n1)oc1ccccc12.OB(O)c1ccccc1.c1ccc(-c2ccc3c(n2)oc2ccccc23)cc1. The van der Waals surface area contributed by atoms with Crippen LogP contribution in [0.2, 0.25) is 5.15 Å². The first-order valence-corrected chi connectivity index (χ1v) is 13.6. The summed E-state index contributed by atoms with van der Waals surface area (Å²) in [6.07, 6.45) is 0. The zero-order chi connectivity index (χ0) is 28.9. The van der Waals surface area contributed by atoms with Crippen molar-refractivity contribution in [1.29, 1.82) is 0 Å². The number of hydrogen-bond donors (Lipinski definition) is 2. The molecule has 0 fully saturated rings. The number of rotatable bonds is 2. The number of aromatic nitrogens is 2. The summed E-state index contributed by atoms with van der Waals surface area (Å²) < 4.78 is 11.3. The molecule has 8 aromatic rings. The zero-order valence-electron chi connectivity index (χ0n) is 22.3. The van der Waals surface area contributed by atoms with Gasteiger partial charge in [-0.25, -0.2) is 9.97 Å². The Kier molecular flexibility index (Phi) is 7.97. The molecule has 2 N–H and O–H groups in total. The first-order valence-electron chi connectivity index (χ1n) is 13.3. The minimum atomic E-state index is -1.34. The lowest BCUT2D eigenvalue weighted by atomic mass is 9.81. The van der Waals surface area contributed by atoms with E-state index in [0.717, 1.165) is 44.0 Å². The van der Waals surface area contributed by atoms with E-state index in [1.807, 2.05) is 78.9 Å². The molecule has 0 amide bonds. The molecule has 8 heteroatoms. The highest BCUT2D eigenvalue weighted by atomic mass is 35.5. The van der Waals surface area contributed by atoms with Gasteiger partial charge in [-0.3, -0.25) is 0 Å². The Labute approximate surface area is 246 Å². The van der Waals surface area contributed by atoms with E-state index in [9.17, 15) is 0 Å². The second-order valence-corrected chi connectivity index (χ2v) is 9.77. The number of hydrogen-bond acceptors (Lipinski definition) is 6. The number of benzene rings is 4. The second kappa shape index (κ2) is 12.3. The molecule has 4 heterocycles. The molecule has 4 aromatic carbocycles. The van der Waals surface area contributed by atoms with Gasteiger partial charge in [0.05, 0.1) is 5.69 Å². The summed E-state index contributed by atoms with van der Waals surface area (Å²) in [5, 5.41) is 21.9. The van der Waals surface area contributed by atoms with Gasteiger partial charge in [-0.1, -0.05) is 109 Å². The Hall–Kier alpha value is -4.95. The summed E-state index contributed by atoms with van der Waals surface area (Å²) >= 11 is 5.78. The first kappa shape index (κ1) is 27.2. The van der Waals surface area contributed by atoms with Crippen LogP contribution in [0.5, 0.6) is 0 Å². The minimum absolute atomic E-state index is 0.455. The largest absolute Gasteiger partial charge is 0.488 e. The van der Waals surface area contributed by atoms with Crippen LogP contribution in [-0.2, 0) is 0 Å². The first-order chi connectivity index (χ1) is 20.6. The van der Waals surface area contributed by atoms with Gasteiger partial charge >= 0.3 is 7.12 Å². The fourth-order valence-corrected chi connectivity index (χ4v) is 4.72. The van der Waals surface area contributed by atoms with Crippen molar-refractivity contribution in [1.82, 2.24) is 9.97 Å². The predicted octanol–water partition coefficient (Wildman–Crippen LogP) is 7.65. The molecule has 4 aromatic heterocycles. The van der Waals surface area contributed by atoms with Crippen molar-refractivity contribution >= 4 is 68.3 Å². The lowest BCUT2D eigenvalue weighted by Gasteiger charge is -1.99. The van der Waals surface area contributed by atoms with E-state index in [-0.39, 0.29) is 0 Å². The molecule has 0 atom stereocenters. The third-order valence-corrected chi connectivity index (χ3v) is 6.83. The molecule has 0 saturated carbocycles. The maximum absolute atomic E-state index is 8.58. The van der Waals surface area contributed by atoms with Gasteiger partial charge in [0.2, 0.25) is 11.4 Å². The Balaban J connectivity index is 0.000000121. The maximum atomic E-state index is 8.58. The van der Waals surface area contributed by atoms with Gasteiger partial charge in [0.1, 0.15) is 16.3 Å². The molecule has 0 aliphatic carbocycles. The average molecular weight is 571 g/mol. The Morgan fingerprint density at radius 2 is 1.00 bits per heavy atom. The molecule has 6 nitrogen and oxygen atoms in total. The number of fused-ring (bicyclic) bond motifs is 6. The van der Waals surface area contributed by atoms with Crippen molar-refractivity contribution in [2.45, 2.75) is 0 Å². The number of nitrogens with zero attached hydrogens (tertiary/aromatic N) is 2. The summed E-state index contributed by atoms with van der Waals surface area (Å²) in [7, 11) is -1.34. The molecular weight excluding hydrogens is 547 g/mol. The highest BCUT2D eigenvalue weighted by Crippen LogP contribution is 2.30. The lowest BCUT2D eigenvalue weighted by molar-refractivity contribution is 0.426. The van der Waals surface area contributed by atoms with Crippen LogP contribution in [0.25, 0.3) is 55.4 Å². The molecule has 0 radical (unpaired) electrons. The quantitative estimate of drug-likeness (QED) is 0.164. The highest BCUT2D eigenvalue weighted by molar-refractivity contribution is 6.58. The Morgan fingerprint density at radius 1 is 0.500 bits per heavy atom. The van der Waals surface area contributed by atoms with Crippen molar-refractivity contribution in [2.75, 3.05) is 0 Å². The molecule has 0 aliphatic heterocycles. The van der Waals surface area contributed by atoms with Crippen LogP contribution in [0.3, 0.4) is 0 Å². The molecule has 0 spiro atoms. The van der Waals surface area contributed by atoms with Gasteiger partial charge in [-0.15, -0.1) is 0 Å². The standard InChI is InChI=1S/C17H11NO.C11H6ClNO.C6H7BO2/c1-2-6-12(7-3-1)15-11-10-14-13-8-4-5-9-16(13)19-17(14)18-15;12-10-6-5-8-7-3-1-2-4-9(7)14-11(8)13-10;8-7(9)6-4-2-1-3-5-6/h1-11H;1-6H;1-5,8-9H. The molecule has 0 unspecified atom stereocenters. The van der Waals surface area contributed by atoms with Gasteiger partial charge in [-0.05, 0) is 41.9 Å². The summed E-state index contributed by atoms with van der Waals surface area (Å²) in [5.41, 5.74) is 5.59. The van der Waals surface area contributed by atoms with Crippen molar-refractivity contribution in [3.63, 3.8) is 0 Å². The average Bonchev–Trinajstić information content (AvgIpc) is 3.60. The second-order valence-electron chi connectivity index (χ2n) is 9.38. The van der Waals surface area contributed by atoms with Gasteiger partial charge < -0.3 is 18.9 Å². The monoisotopic (exact) mass is 570 g/mol. The van der Waals surface area contributed by atoms with Crippen molar-refractivity contribution in [3.8, 4) is 11.3 Å². The van der Waals surface area contributed by atoms with Crippen LogP contribution in [0.4, 0.5) is 0 Å². The van der Waals surface area contributed by atoms with Gasteiger partial charge in [0.15, 0.2) is 0 Å². The minimum Gasteiger partial charge on any atom is -0.438 e. The summed E-state index contributed by atoms with van der Waals surface area (Å²) in [6, 6.07) is 42.5. The summed E-state index contributed by atoms with van der Waals surface area (Å²) in [4.78, 5) is 8.73. The topological polar surface area (TPSA) is 92.5 Å². The number of furan rings is 2. The fraction of sp³-hybridized carbons (Fsp3) is 0. The Morgan fingerprint density at radius 3 is 1.57 bits per heavy atom. The van der Waals surface area contributed by atoms with E-state index in [1.54, 1.807) is 30.3 Å². The van der Waals surface area contributed by atoms with Gasteiger partial charge in [-0.2, -0.15) is 0 Å². The normalized spacial score (nSPS) is 10.7. The van der Waals surface area contributed by atoms with E-state index in [4.69, 9.17) is 30.5 Å². The molecule has 0 saturated heterocycles. The van der Waals surface area contributed by atoms with E-state index in [2.05, 4.69) is 34.2 Å². The number of para-hydroxylation sites is 2. The van der Waals surface area contributed by atoms with Crippen LogP contribution in [0.15, 0.2) is 142 Å².